The van der Waals surface area contributed by atoms with Crippen LogP contribution in [0.1, 0.15) is 38.8 Å². The molecule has 21 heavy (non-hydrogen) atoms. The zero-order chi connectivity index (χ0) is 16.4. The molecule has 1 rings (SSSR count). The Morgan fingerprint density at radius 1 is 1.33 bits per heavy atom. The fourth-order valence-electron chi connectivity index (χ4n) is 1.38. The van der Waals surface area contributed by atoms with Crippen molar-refractivity contribution in [3.8, 4) is 0 Å². The summed E-state index contributed by atoms with van der Waals surface area (Å²) in [4.78, 5) is 10.6. The monoisotopic (exact) mass is 317 g/mol. The molecule has 0 aromatic heterocycles. The third-order valence-electron chi connectivity index (χ3n) is 2.66. The number of hydrogen-bond donors (Lipinski definition) is 1. The van der Waals surface area contributed by atoms with E-state index in [2.05, 4.69) is 4.40 Å². The summed E-state index contributed by atoms with van der Waals surface area (Å²) in [5.74, 6) is -6.19. The van der Waals surface area contributed by atoms with Crippen molar-refractivity contribution in [2.75, 3.05) is 0 Å². The zero-order valence-corrected chi connectivity index (χ0v) is 13.0. The van der Waals surface area contributed by atoms with Crippen LogP contribution >= 0.6 is 0 Å². The van der Waals surface area contributed by atoms with Gasteiger partial charge in [0.2, 0.25) is 0 Å². The van der Waals surface area contributed by atoms with Crippen molar-refractivity contribution in [1.29, 1.82) is 0 Å². The molecule has 4 nitrogen and oxygen atoms in total. The van der Waals surface area contributed by atoms with Gasteiger partial charge in [-0.05, 0) is 33.8 Å². The highest BCUT2D eigenvalue weighted by Crippen LogP contribution is 2.29. The quantitative estimate of drug-likeness (QED) is 0.685. The van der Waals surface area contributed by atoms with E-state index in [0.29, 0.717) is 11.3 Å². The summed E-state index contributed by atoms with van der Waals surface area (Å²) >= 11 is -1.52. The molecule has 1 aromatic rings. The number of benzene rings is 1. The second-order valence-electron chi connectivity index (χ2n) is 5.50. The van der Waals surface area contributed by atoms with Crippen LogP contribution < -0.4 is 0 Å². The SMILES string of the molecule is C/C(=N/[S+]([O-])C(C)(C)C)c1cccc(C(F)(F)C(=O)O)c1. The molecule has 1 N–H and O–H groups in total. The fraction of sp³-hybridized carbons (Fsp3) is 0.429. The second-order valence-corrected chi connectivity index (χ2v) is 7.40. The van der Waals surface area contributed by atoms with E-state index in [0.717, 1.165) is 12.1 Å². The Morgan fingerprint density at radius 3 is 2.38 bits per heavy atom. The van der Waals surface area contributed by atoms with Gasteiger partial charge in [0.05, 0.1) is 5.71 Å². The minimum Gasteiger partial charge on any atom is -0.591 e. The van der Waals surface area contributed by atoms with Crippen LogP contribution in [0.25, 0.3) is 0 Å². The van der Waals surface area contributed by atoms with Gasteiger partial charge in [0.25, 0.3) is 0 Å². The molecule has 0 fully saturated rings. The summed E-state index contributed by atoms with van der Waals surface area (Å²) < 4.78 is 42.3. The van der Waals surface area contributed by atoms with Gasteiger partial charge in [0.1, 0.15) is 16.1 Å². The maximum Gasteiger partial charge on any atom is 0.379 e. The maximum absolute atomic E-state index is 13.5. The third-order valence-corrected chi connectivity index (χ3v) is 4.14. The van der Waals surface area contributed by atoms with Crippen molar-refractivity contribution in [3.63, 3.8) is 0 Å². The first kappa shape index (κ1) is 17.6. The molecule has 0 spiro atoms. The Bertz CT molecular complexity index is 568. The van der Waals surface area contributed by atoms with Gasteiger partial charge in [-0.2, -0.15) is 8.78 Å². The number of rotatable bonds is 4. The summed E-state index contributed by atoms with van der Waals surface area (Å²) in [7, 11) is 0. The Kier molecular flexibility index (Phi) is 5.11. The molecular formula is C14H17F2NO3S. The molecule has 0 aliphatic carbocycles. The third kappa shape index (κ3) is 4.25. The van der Waals surface area contributed by atoms with Crippen molar-refractivity contribution in [1.82, 2.24) is 0 Å². The summed E-state index contributed by atoms with van der Waals surface area (Å²) in [6.07, 6.45) is 0. The minimum absolute atomic E-state index is 0.311. The van der Waals surface area contributed by atoms with Crippen LogP contribution in [0.3, 0.4) is 0 Å². The number of carboxylic acids is 1. The van der Waals surface area contributed by atoms with Crippen LogP contribution in [0.4, 0.5) is 8.78 Å². The molecule has 0 heterocycles. The average Bonchev–Trinajstić information content (AvgIpc) is 2.37. The van der Waals surface area contributed by atoms with Crippen molar-refractivity contribution >= 4 is 23.0 Å². The van der Waals surface area contributed by atoms with Crippen LogP contribution in [-0.4, -0.2) is 26.1 Å². The average molecular weight is 317 g/mol. The first-order chi connectivity index (χ1) is 9.46. The van der Waals surface area contributed by atoms with Crippen LogP contribution in [-0.2, 0) is 22.1 Å². The predicted molar refractivity (Wildman–Crippen MR) is 78.1 cm³/mol. The molecule has 0 bridgehead atoms. The van der Waals surface area contributed by atoms with Gasteiger partial charge in [-0.25, -0.2) is 4.79 Å². The number of nitrogens with zero attached hydrogens (tertiary/aromatic N) is 1. The van der Waals surface area contributed by atoms with E-state index in [9.17, 15) is 18.1 Å². The van der Waals surface area contributed by atoms with Gasteiger partial charge in [-0.1, -0.05) is 22.6 Å². The number of alkyl halides is 2. The zero-order valence-electron chi connectivity index (χ0n) is 12.2. The first-order valence-corrected chi connectivity index (χ1v) is 7.26. The molecular weight excluding hydrogens is 300 g/mol. The van der Waals surface area contributed by atoms with E-state index in [4.69, 9.17) is 5.11 Å². The lowest BCUT2D eigenvalue weighted by molar-refractivity contribution is -0.166. The molecule has 0 aliphatic rings. The number of aliphatic carboxylic acids is 1. The van der Waals surface area contributed by atoms with Gasteiger partial charge in [0, 0.05) is 11.1 Å². The van der Waals surface area contributed by atoms with Gasteiger partial charge < -0.3 is 9.66 Å². The smallest absolute Gasteiger partial charge is 0.379 e. The number of carbonyl (C=O) groups is 1. The normalized spacial score (nSPS) is 14.9. The van der Waals surface area contributed by atoms with Crippen molar-refractivity contribution in [3.05, 3.63) is 35.4 Å². The van der Waals surface area contributed by atoms with Crippen molar-refractivity contribution in [2.45, 2.75) is 38.4 Å². The Hall–Kier alpha value is -1.47. The Labute approximate surface area is 125 Å². The molecule has 7 heteroatoms. The summed E-state index contributed by atoms with van der Waals surface area (Å²) in [6, 6.07) is 4.92. The van der Waals surface area contributed by atoms with Crippen molar-refractivity contribution in [2.24, 2.45) is 4.40 Å². The largest absolute Gasteiger partial charge is 0.591 e. The van der Waals surface area contributed by atoms with Crippen LogP contribution in [0.5, 0.6) is 0 Å². The van der Waals surface area contributed by atoms with Crippen LogP contribution in [0, 0.1) is 0 Å². The van der Waals surface area contributed by atoms with E-state index in [1.807, 2.05) is 0 Å². The van der Waals surface area contributed by atoms with Crippen LogP contribution in [0.15, 0.2) is 28.7 Å². The highest BCUT2D eigenvalue weighted by molar-refractivity contribution is 7.91. The molecule has 1 unspecified atom stereocenters. The fourth-order valence-corrected chi connectivity index (χ4v) is 2.01. The molecule has 0 saturated carbocycles. The lowest BCUT2D eigenvalue weighted by atomic mass is 10.0. The number of carboxylic acid groups (broad SMARTS) is 1. The van der Waals surface area contributed by atoms with Gasteiger partial charge >= 0.3 is 11.9 Å². The van der Waals surface area contributed by atoms with Gasteiger partial charge in [0.15, 0.2) is 0 Å². The van der Waals surface area contributed by atoms with Gasteiger partial charge in [-0.3, -0.25) is 0 Å². The summed E-state index contributed by atoms with van der Waals surface area (Å²) in [5.41, 5.74) is -0.0130. The molecule has 1 atom stereocenters. The minimum atomic E-state index is -3.97. The summed E-state index contributed by atoms with van der Waals surface area (Å²) in [5, 5.41) is 8.55. The molecule has 0 saturated heterocycles. The molecule has 116 valence electrons. The van der Waals surface area contributed by atoms with Crippen molar-refractivity contribution < 1.29 is 23.2 Å². The number of hydrogen-bond acceptors (Lipinski definition) is 3. The molecule has 0 amide bonds. The molecule has 0 radical (unpaired) electrons. The Balaban J connectivity index is 3.17. The van der Waals surface area contributed by atoms with E-state index in [-0.39, 0.29) is 0 Å². The topological polar surface area (TPSA) is 72.7 Å². The van der Waals surface area contributed by atoms with E-state index in [1.165, 1.54) is 12.1 Å². The highest BCUT2D eigenvalue weighted by atomic mass is 32.2. The summed E-state index contributed by atoms with van der Waals surface area (Å²) in [6.45, 7) is 6.78. The van der Waals surface area contributed by atoms with Gasteiger partial charge in [-0.15, -0.1) is 0 Å². The van der Waals surface area contributed by atoms with E-state index in [1.54, 1.807) is 27.7 Å². The lowest BCUT2D eigenvalue weighted by Gasteiger charge is -2.19. The maximum atomic E-state index is 13.5. The predicted octanol–water partition coefficient (Wildman–Crippen LogP) is 3.13. The lowest BCUT2D eigenvalue weighted by Crippen LogP contribution is -2.27. The Morgan fingerprint density at radius 2 is 1.90 bits per heavy atom. The number of halogens is 2. The molecule has 0 aliphatic heterocycles. The second kappa shape index (κ2) is 6.11. The molecule has 1 aromatic carbocycles. The highest BCUT2D eigenvalue weighted by Gasteiger charge is 2.41. The van der Waals surface area contributed by atoms with E-state index >= 15 is 0 Å². The first-order valence-electron chi connectivity index (χ1n) is 6.15. The van der Waals surface area contributed by atoms with Crippen LogP contribution in [0.2, 0.25) is 0 Å². The van der Waals surface area contributed by atoms with E-state index < -0.39 is 33.6 Å². The standard InChI is InChI=1S/C14H17F2NO3S/c1-9(17-21(20)13(2,3)4)10-6-5-7-11(8-10)14(15,16)12(18)19/h5-8H,1-4H3,(H,18,19)/b17-9-.